The van der Waals surface area contributed by atoms with Crippen LogP contribution in [0.2, 0.25) is 0 Å². The Morgan fingerprint density at radius 2 is 2.00 bits per heavy atom. The van der Waals surface area contributed by atoms with E-state index in [1.54, 1.807) is 0 Å². The molecule has 0 spiro atoms. The molecular formula is C16H23NO. The molecule has 1 aliphatic heterocycles. The number of ether oxygens (including phenoxy) is 1. The van der Waals surface area contributed by atoms with E-state index in [9.17, 15) is 0 Å². The molecule has 2 nitrogen and oxygen atoms in total. The fraction of sp³-hybridized carbons (Fsp3) is 0.562. The highest BCUT2D eigenvalue weighted by Gasteiger charge is 2.36. The van der Waals surface area contributed by atoms with E-state index in [0.29, 0.717) is 0 Å². The van der Waals surface area contributed by atoms with Gasteiger partial charge >= 0.3 is 0 Å². The normalized spacial score (nSPS) is 21.9. The summed E-state index contributed by atoms with van der Waals surface area (Å²) in [5.74, 6) is 0. The van der Waals surface area contributed by atoms with Gasteiger partial charge in [0, 0.05) is 18.4 Å². The lowest BCUT2D eigenvalue weighted by Gasteiger charge is -2.20. The van der Waals surface area contributed by atoms with Gasteiger partial charge in [-0.2, -0.15) is 0 Å². The minimum absolute atomic E-state index is 0.0433. The van der Waals surface area contributed by atoms with Crippen LogP contribution in [-0.4, -0.2) is 18.5 Å². The molecule has 1 aromatic rings. The maximum Gasteiger partial charge on any atom is 0.149 e. The van der Waals surface area contributed by atoms with E-state index in [1.165, 1.54) is 17.7 Å². The SMILES string of the molecule is CCCCOC1CC(C)(C)C(c2ccccc2)=N1. The highest BCUT2D eigenvalue weighted by molar-refractivity contribution is 6.05. The standard InChI is InChI=1S/C16H23NO/c1-4-5-11-18-14-12-16(2,3)15(17-14)13-9-7-6-8-10-13/h6-10,14H,4-5,11-12H2,1-3H3. The van der Waals surface area contributed by atoms with E-state index in [1.807, 2.05) is 6.07 Å². The molecule has 2 rings (SSSR count). The largest absolute Gasteiger partial charge is 0.357 e. The van der Waals surface area contributed by atoms with Crippen molar-refractivity contribution in [2.24, 2.45) is 10.4 Å². The predicted octanol–water partition coefficient (Wildman–Crippen LogP) is 4.05. The maximum absolute atomic E-state index is 5.84. The van der Waals surface area contributed by atoms with Gasteiger partial charge in [-0.3, -0.25) is 4.99 Å². The van der Waals surface area contributed by atoms with E-state index in [0.717, 1.165) is 19.4 Å². The minimum atomic E-state index is 0.0433. The number of hydrogen-bond acceptors (Lipinski definition) is 2. The summed E-state index contributed by atoms with van der Waals surface area (Å²) in [6.07, 6.45) is 3.32. The van der Waals surface area contributed by atoms with Gasteiger partial charge in [0.25, 0.3) is 0 Å². The first-order chi connectivity index (χ1) is 8.63. The van der Waals surface area contributed by atoms with Crippen LogP contribution in [-0.2, 0) is 4.74 Å². The third kappa shape index (κ3) is 2.99. The molecule has 18 heavy (non-hydrogen) atoms. The number of hydrogen-bond donors (Lipinski definition) is 0. The molecule has 0 fully saturated rings. The van der Waals surface area contributed by atoms with Crippen molar-refractivity contribution in [1.82, 2.24) is 0 Å². The second-order valence-corrected chi connectivity index (χ2v) is 5.61. The van der Waals surface area contributed by atoms with Crippen molar-refractivity contribution in [3.8, 4) is 0 Å². The Morgan fingerprint density at radius 3 is 2.67 bits per heavy atom. The third-order valence-electron chi connectivity index (χ3n) is 3.45. The van der Waals surface area contributed by atoms with Crippen molar-refractivity contribution in [2.45, 2.75) is 46.3 Å². The van der Waals surface area contributed by atoms with Gasteiger partial charge in [0.15, 0.2) is 0 Å². The molecule has 1 aliphatic rings. The lowest BCUT2D eigenvalue weighted by Crippen LogP contribution is -2.21. The van der Waals surface area contributed by atoms with Crippen LogP contribution in [0.3, 0.4) is 0 Å². The van der Waals surface area contributed by atoms with Gasteiger partial charge in [-0.25, -0.2) is 0 Å². The zero-order valence-corrected chi connectivity index (χ0v) is 11.6. The van der Waals surface area contributed by atoms with Gasteiger partial charge in [-0.1, -0.05) is 57.5 Å². The van der Waals surface area contributed by atoms with Gasteiger partial charge in [0.1, 0.15) is 6.23 Å². The van der Waals surface area contributed by atoms with Crippen molar-refractivity contribution in [2.75, 3.05) is 6.61 Å². The lowest BCUT2D eigenvalue weighted by atomic mass is 9.82. The maximum atomic E-state index is 5.84. The molecule has 1 unspecified atom stereocenters. The zero-order valence-electron chi connectivity index (χ0n) is 11.6. The van der Waals surface area contributed by atoms with Gasteiger partial charge in [-0.05, 0) is 12.0 Å². The van der Waals surface area contributed by atoms with E-state index < -0.39 is 0 Å². The van der Waals surface area contributed by atoms with Crippen LogP contribution in [0.5, 0.6) is 0 Å². The van der Waals surface area contributed by atoms with Gasteiger partial charge in [0.2, 0.25) is 0 Å². The topological polar surface area (TPSA) is 21.6 Å². The Hall–Kier alpha value is -1.15. The summed E-state index contributed by atoms with van der Waals surface area (Å²) in [7, 11) is 0. The number of rotatable bonds is 5. The second-order valence-electron chi connectivity index (χ2n) is 5.61. The summed E-state index contributed by atoms with van der Waals surface area (Å²) >= 11 is 0. The third-order valence-corrected chi connectivity index (χ3v) is 3.45. The number of nitrogens with zero attached hydrogens (tertiary/aromatic N) is 1. The lowest BCUT2D eigenvalue weighted by molar-refractivity contribution is 0.0477. The molecule has 0 aromatic heterocycles. The van der Waals surface area contributed by atoms with Crippen molar-refractivity contribution >= 4 is 5.71 Å². The van der Waals surface area contributed by atoms with Crippen LogP contribution < -0.4 is 0 Å². The van der Waals surface area contributed by atoms with Crippen LogP contribution in [0.4, 0.5) is 0 Å². The van der Waals surface area contributed by atoms with Crippen LogP contribution in [0.15, 0.2) is 35.3 Å². The van der Waals surface area contributed by atoms with E-state index in [4.69, 9.17) is 9.73 Å². The first kappa shape index (κ1) is 13.3. The molecule has 0 saturated carbocycles. The van der Waals surface area contributed by atoms with Crippen LogP contribution >= 0.6 is 0 Å². The van der Waals surface area contributed by atoms with Gasteiger partial charge in [0.05, 0.1) is 5.71 Å². The summed E-state index contributed by atoms with van der Waals surface area (Å²) in [6, 6.07) is 10.4. The Bertz CT molecular complexity index is 408. The first-order valence-corrected chi connectivity index (χ1v) is 6.89. The highest BCUT2D eigenvalue weighted by Crippen LogP contribution is 2.35. The van der Waals surface area contributed by atoms with Gasteiger partial charge in [-0.15, -0.1) is 0 Å². The average molecular weight is 245 g/mol. The van der Waals surface area contributed by atoms with Crippen molar-refractivity contribution in [3.05, 3.63) is 35.9 Å². The highest BCUT2D eigenvalue weighted by atomic mass is 16.5. The molecule has 98 valence electrons. The fourth-order valence-corrected chi connectivity index (χ4v) is 2.42. The minimum Gasteiger partial charge on any atom is -0.357 e. The molecule has 1 atom stereocenters. The summed E-state index contributed by atoms with van der Waals surface area (Å²) in [5.41, 5.74) is 2.52. The van der Waals surface area contributed by atoms with Crippen molar-refractivity contribution in [3.63, 3.8) is 0 Å². The monoisotopic (exact) mass is 245 g/mol. The Labute approximate surface area is 110 Å². The zero-order chi connectivity index (χ0) is 13.0. The Balaban J connectivity index is 2.10. The van der Waals surface area contributed by atoms with E-state index in [2.05, 4.69) is 45.0 Å². The quantitative estimate of drug-likeness (QED) is 0.717. The molecule has 1 heterocycles. The smallest absolute Gasteiger partial charge is 0.149 e. The molecule has 0 bridgehead atoms. The van der Waals surface area contributed by atoms with E-state index in [-0.39, 0.29) is 11.6 Å². The molecule has 0 N–H and O–H groups in total. The molecule has 2 heteroatoms. The molecule has 0 radical (unpaired) electrons. The summed E-state index contributed by atoms with van der Waals surface area (Å²) < 4.78 is 5.84. The fourth-order valence-electron chi connectivity index (χ4n) is 2.42. The Morgan fingerprint density at radius 1 is 1.28 bits per heavy atom. The van der Waals surface area contributed by atoms with Crippen molar-refractivity contribution in [1.29, 1.82) is 0 Å². The summed E-state index contributed by atoms with van der Waals surface area (Å²) in [6.45, 7) is 7.51. The average Bonchev–Trinajstić information content (AvgIpc) is 2.66. The molecule has 0 saturated heterocycles. The van der Waals surface area contributed by atoms with Gasteiger partial charge < -0.3 is 4.74 Å². The second kappa shape index (κ2) is 5.66. The van der Waals surface area contributed by atoms with Crippen LogP contribution in [0.1, 0.15) is 45.6 Å². The molecular weight excluding hydrogens is 222 g/mol. The Kier molecular flexibility index (Phi) is 4.18. The molecule has 0 amide bonds. The van der Waals surface area contributed by atoms with Crippen LogP contribution in [0.25, 0.3) is 0 Å². The van der Waals surface area contributed by atoms with Crippen molar-refractivity contribution < 1.29 is 4.74 Å². The first-order valence-electron chi connectivity index (χ1n) is 6.89. The van der Waals surface area contributed by atoms with Crippen LogP contribution in [0, 0.1) is 5.41 Å². The number of benzene rings is 1. The number of aliphatic imine (C=N–C) groups is 1. The summed E-state index contributed by atoms with van der Waals surface area (Å²) in [5, 5.41) is 0. The number of unbranched alkanes of at least 4 members (excludes halogenated alkanes) is 1. The molecule has 1 aromatic carbocycles. The molecule has 0 aliphatic carbocycles. The van der Waals surface area contributed by atoms with E-state index >= 15 is 0 Å². The predicted molar refractivity (Wildman–Crippen MR) is 76.0 cm³/mol. The summed E-state index contributed by atoms with van der Waals surface area (Å²) in [4.78, 5) is 4.78.